The van der Waals surface area contributed by atoms with Crippen molar-refractivity contribution in [1.82, 2.24) is 9.55 Å². The summed E-state index contributed by atoms with van der Waals surface area (Å²) in [5, 5.41) is 0. The van der Waals surface area contributed by atoms with Crippen LogP contribution in [0.5, 0.6) is 0 Å². The third kappa shape index (κ3) is 2.46. The molecule has 0 saturated carbocycles. The molecule has 0 unspecified atom stereocenters. The van der Waals surface area contributed by atoms with Gasteiger partial charge in [0, 0.05) is 12.6 Å². The molecule has 108 valence electrons. The number of benzene rings is 2. The van der Waals surface area contributed by atoms with Gasteiger partial charge in [-0.1, -0.05) is 44.2 Å². The number of imidazole rings is 1. The lowest BCUT2D eigenvalue weighted by Gasteiger charge is -2.14. The highest BCUT2D eigenvalue weighted by molar-refractivity contribution is 5.80. The second kappa shape index (κ2) is 5.72. The van der Waals surface area contributed by atoms with Crippen LogP contribution in [0.2, 0.25) is 0 Å². The van der Waals surface area contributed by atoms with E-state index in [4.69, 9.17) is 4.98 Å². The molecule has 0 N–H and O–H groups in total. The Hall–Kier alpha value is -2.09. The maximum absolute atomic E-state index is 4.80. The molecule has 0 atom stereocenters. The van der Waals surface area contributed by atoms with Gasteiger partial charge in [0.15, 0.2) is 0 Å². The fourth-order valence-electron chi connectivity index (χ4n) is 3.10. The fraction of sp³-hybridized carbons (Fsp3) is 0.316. The van der Waals surface area contributed by atoms with Crippen LogP contribution in [-0.4, -0.2) is 9.55 Å². The average molecular weight is 278 g/mol. The molecular formula is C19H22N2. The summed E-state index contributed by atoms with van der Waals surface area (Å²) >= 11 is 0. The second-order valence-corrected chi connectivity index (χ2v) is 5.62. The zero-order valence-electron chi connectivity index (χ0n) is 13.0. The van der Waals surface area contributed by atoms with Crippen LogP contribution in [0, 0.1) is 0 Å². The van der Waals surface area contributed by atoms with Crippen molar-refractivity contribution in [3.05, 3.63) is 54.1 Å². The van der Waals surface area contributed by atoms with E-state index in [1.165, 1.54) is 29.5 Å². The smallest absolute Gasteiger partial charge is 0.140 e. The summed E-state index contributed by atoms with van der Waals surface area (Å²) in [6, 6.07) is 17.2. The molecule has 0 aliphatic rings. The lowest BCUT2D eigenvalue weighted by Crippen LogP contribution is -1.97. The number of fused-ring (bicyclic) bond motifs is 1. The number of aromatic nitrogens is 2. The zero-order valence-corrected chi connectivity index (χ0v) is 13.0. The van der Waals surface area contributed by atoms with Crippen molar-refractivity contribution in [2.75, 3.05) is 0 Å². The van der Waals surface area contributed by atoms with E-state index in [-0.39, 0.29) is 0 Å². The van der Waals surface area contributed by atoms with Crippen LogP contribution in [0.25, 0.3) is 22.4 Å². The number of hydrogen-bond acceptors (Lipinski definition) is 1. The Morgan fingerprint density at radius 3 is 2.48 bits per heavy atom. The minimum absolute atomic E-state index is 0.639. The van der Waals surface area contributed by atoms with Crippen molar-refractivity contribution in [2.24, 2.45) is 7.05 Å². The summed E-state index contributed by atoms with van der Waals surface area (Å²) in [5.74, 6) is 1.68. The number of para-hydroxylation sites is 2. The monoisotopic (exact) mass is 278 g/mol. The highest BCUT2D eigenvalue weighted by Gasteiger charge is 2.12. The molecule has 0 aliphatic carbocycles. The molecule has 2 nitrogen and oxygen atoms in total. The summed E-state index contributed by atoms with van der Waals surface area (Å²) in [7, 11) is 2.09. The highest BCUT2D eigenvalue weighted by Crippen LogP contribution is 2.28. The van der Waals surface area contributed by atoms with Crippen LogP contribution in [0.4, 0.5) is 0 Å². The molecule has 0 radical (unpaired) electrons. The third-order valence-electron chi connectivity index (χ3n) is 4.39. The molecule has 3 aromatic rings. The van der Waals surface area contributed by atoms with Gasteiger partial charge in [-0.3, -0.25) is 0 Å². The molecule has 2 heteroatoms. The molecule has 0 spiro atoms. The molecule has 0 amide bonds. The van der Waals surface area contributed by atoms with Gasteiger partial charge in [0.2, 0.25) is 0 Å². The van der Waals surface area contributed by atoms with E-state index in [0.29, 0.717) is 5.92 Å². The SMILES string of the molecule is CCC(CC)c1cccc(-c2nc3ccccc3n2C)c1. The molecule has 0 fully saturated rings. The first-order valence-electron chi connectivity index (χ1n) is 7.76. The lowest BCUT2D eigenvalue weighted by molar-refractivity contribution is 0.642. The van der Waals surface area contributed by atoms with Crippen molar-refractivity contribution in [3.63, 3.8) is 0 Å². The van der Waals surface area contributed by atoms with E-state index in [1.54, 1.807) is 0 Å². The maximum Gasteiger partial charge on any atom is 0.140 e. The largest absolute Gasteiger partial charge is 0.327 e. The quantitative estimate of drug-likeness (QED) is 0.645. The van der Waals surface area contributed by atoms with Gasteiger partial charge in [0.25, 0.3) is 0 Å². The number of nitrogens with zero attached hydrogens (tertiary/aromatic N) is 2. The number of rotatable bonds is 4. The summed E-state index contributed by atoms with van der Waals surface area (Å²) in [6.07, 6.45) is 2.37. The van der Waals surface area contributed by atoms with Gasteiger partial charge in [-0.2, -0.15) is 0 Å². The molecular weight excluding hydrogens is 256 g/mol. The predicted octanol–water partition coefficient (Wildman–Crippen LogP) is 5.14. The molecule has 1 heterocycles. The second-order valence-electron chi connectivity index (χ2n) is 5.62. The van der Waals surface area contributed by atoms with Crippen molar-refractivity contribution in [2.45, 2.75) is 32.6 Å². The van der Waals surface area contributed by atoms with E-state index in [0.717, 1.165) is 11.3 Å². The standard InChI is InChI=1S/C19H22N2/c1-4-14(5-2)15-9-8-10-16(13-15)19-20-17-11-6-7-12-18(17)21(19)3/h6-14H,4-5H2,1-3H3. The Balaban J connectivity index is 2.10. The van der Waals surface area contributed by atoms with Gasteiger partial charge < -0.3 is 4.57 Å². The van der Waals surface area contributed by atoms with E-state index in [2.05, 4.69) is 67.9 Å². The van der Waals surface area contributed by atoms with Gasteiger partial charge in [-0.05, 0) is 42.5 Å². The normalized spacial score (nSPS) is 11.4. The first-order chi connectivity index (χ1) is 10.2. The van der Waals surface area contributed by atoms with Gasteiger partial charge >= 0.3 is 0 Å². The Morgan fingerprint density at radius 1 is 1.00 bits per heavy atom. The molecule has 1 aromatic heterocycles. The Kier molecular flexibility index (Phi) is 3.78. The van der Waals surface area contributed by atoms with E-state index in [1.807, 2.05) is 6.07 Å². The average Bonchev–Trinajstić information content (AvgIpc) is 2.87. The highest BCUT2D eigenvalue weighted by atomic mass is 15.1. The zero-order chi connectivity index (χ0) is 14.8. The first kappa shape index (κ1) is 13.9. The fourth-order valence-corrected chi connectivity index (χ4v) is 3.10. The Labute approximate surface area is 126 Å². The van der Waals surface area contributed by atoms with Crippen molar-refractivity contribution >= 4 is 11.0 Å². The third-order valence-corrected chi connectivity index (χ3v) is 4.39. The minimum Gasteiger partial charge on any atom is -0.327 e. The molecule has 0 aliphatic heterocycles. The molecule has 0 bridgehead atoms. The lowest BCUT2D eigenvalue weighted by atomic mass is 9.93. The van der Waals surface area contributed by atoms with Gasteiger partial charge in [-0.25, -0.2) is 4.98 Å². The molecule has 0 saturated heterocycles. The van der Waals surface area contributed by atoms with Crippen LogP contribution in [0.15, 0.2) is 48.5 Å². The van der Waals surface area contributed by atoms with Gasteiger partial charge in [0.1, 0.15) is 5.82 Å². The van der Waals surface area contributed by atoms with Gasteiger partial charge in [-0.15, -0.1) is 0 Å². The first-order valence-corrected chi connectivity index (χ1v) is 7.76. The van der Waals surface area contributed by atoms with Crippen molar-refractivity contribution < 1.29 is 0 Å². The van der Waals surface area contributed by atoms with E-state index >= 15 is 0 Å². The Bertz CT molecular complexity index is 751. The van der Waals surface area contributed by atoms with Crippen LogP contribution in [0.3, 0.4) is 0 Å². The summed E-state index contributed by atoms with van der Waals surface area (Å²) < 4.78 is 2.18. The van der Waals surface area contributed by atoms with Gasteiger partial charge in [0.05, 0.1) is 11.0 Å². The van der Waals surface area contributed by atoms with Crippen LogP contribution in [0.1, 0.15) is 38.2 Å². The molecule has 3 rings (SSSR count). The topological polar surface area (TPSA) is 17.8 Å². The number of aryl methyl sites for hydroxylation is 1. The predicted molar refractivity (Wildman–Crippen MR) is 89.5 cm³/mol. The summed E-state index contributed by atoms with van der Waals surface area (Å²) in [5.41, 5.74) is 4.87. The van der Waals surface area contributed by atoms with Crippen LogP contribution in [-0.2, 0) is 7.05 Å². The van der Waals surface area contributed by atoms with Crippen LogP contribution < -0.4 is 0 Å². The Morgan fingerprint density at radius 2 is 1.76 bits per heavy atom. The van der Waals surface area contributed by atoms with Crippen LogP contribution >= 0.6 is 0 Å². The summed E-state index contributed by atoms with van der Waals surface area (Å²) in [6.45, 7) is 4.52. The maximum atomic E-state index is 4.80. The molecule has 2 aromatic carbocycles. The summed E-state index contributed by atoms with van der Waals surface area (Å²) in [4.78, 5) is 4.80. The van der Waals surface area contributed by atoms with Crippen molar-refractivity contribution in [3.8, 4) is 11.4 Å². The minimum atomic E-state index is 0.639. The van der Waals surface area contributed by atoms with Crippen molar-refractivity contribution in [1.29, 1.82) is 0 Å². The number of hydrogen-bond donors (Lipinski definition) is 0. The van der Waals surface area contributed by atoms with E-state index < -0.39 is 0 Å². The molecule has 21 heavy (non-hydrogen) atoms. The van der Waals surface area contributed by atoms with E-state index in [9.17, 15) is 0 Å².